The van der Waals surface area contributed by atoms with E-state index in [1.54, 1.807) is 0 Å². The summed E-state index contributed by atoms with van der Waals surface area (Å²) in [5.74, 6) is -1.77. The number of amides is 2. The Hall–Kier alpha value is -2.62. The zero-order valence-corrected chi connectivity index (χ0v) is 12.8. The second kappa shape index (κ2) is 6.87. The van der Waals surface area contributed by atoms with Crippen LogP contribution in [0.2, 0.25) is 5.02 Å². The minimum absolute atomic E-state index is 0.0925. The van der Waals surface area contributed by atoms with Crippen LogP contribution in [-0.4, -0.2) is 29.0 Å². The lowest BCUT2D eigenvalue weighted by molar-refractivity contribution is -0.137. The maximum Gasteiger partial charge on any atom is 0.416 e. The molecule has 128 valence electrons. The Bertz CT molecular complexity index is 776. The molecule has 1 aromatic heterocycles. The van der Waals surface area contributed by atoms with Crippen LogP contribution in [0.4, 0.5) is 13.2 Å². The quantitative estimate of drug-likeness (QED) is 0.867. The molecule has 0 atom stereocenters. The van der Waals surface area contributed by atoms with Crippen molar-refractivity contribution >= 4 is 23.4 Å². The second-order valence-corrected chi connectivity index (χ2v) is 4.87. The fraction of sp³-hybridized carbons (Fsp3) is 0.231. The van der Waals surface area contributed by atoms with Gasteiger partial charge in [0.25, 0.3) is 17.6 Å². The molecular formula is C13H10ClF3N4O3. The van der Waals surface area contributed by atoms with Crippen LogP contribution in [0, 0.1) is 0 Å². The number of carbonyl (C=O) groups is 2. The van der Waals surface area contributed by atoms with Gasteiger partial charge in [0.05, 0.1) is 22.7 Å². The van der Waals surface area contributed by atoms with E-state index in [0.29, 0.717) is 6.07 Å². The smallest absolute Gasteiger partial charge is 0.352 e. The molecular weight excluding hydrogens is 353 g/mol. The average molecular weight is 363 g/mol. The number of halogens is 4. The molecule has 2 rings (SSSR count). The van der Waals surface area contributed by atoms with Crippen LogP contribution >= 0.6 is 11.6 Å². The number of benzene rings is 1. The van der Waals surface area contributed by atoms with Crippen LogP contribution in [0.1, 0.15) is 32.4 Å². The number of nitrogens with one attached hydrogen (secondary N) is 2. The molecule has 0 unspecified atom stereocenters. The van der Waals surface area contributed by atoms with Gasteiger partial charge >= 0.3 is 6.18 Å². The van der Waals surface area contributed by atoms with Crippen LogP contribution in [0.5, 0.6) is 0 Å². The van der Waals surface area contributed by atoms with Crippen LogP contribution in [-0.2, 0) is 12.7 Å². The van der Waals surface area contributed by atoms with Gasteiger partial charge in [-0.3, -0.25) is 9.59 Å². The lowest BCUT2D eigenvalue weighted by atomic mass is 10.1. The van der Waals surface area contributed by atoms with E-state index in [4.69, 9.17) is 16.1 Å². The zero-order valence-electron chi connectivity index (χ0n) is 12.1. The second-order valence-electron chi connectivity index (χ2n) is 4.47. The first-order valence-corrected chi connectivity index (χ1v) is 6.79. The molecule has 11 heteroatoms. The molecule has 1 aromatic carbocycles. The Kier molecular flexibility index (Phi) is 5.07. The summed E-state index contributed by atoms with van der Waals surface area (Å²) in [6, 6.07) is 2.39. The first-order valence-electron chi connectivity index (χ1n) is 6.42. The van der Waals surface area contributed by atoms with Crippen molar-refractivity contribution in [2.75, 3.05) is 7.05 Å². The molecule has 1 heterocycles. The topological polar surface area (TPSA) is 97.1 Å². The van der Waals surface area contributed by atoms with Crippen LogP contribution in [0.15, 0.2) is 22.7 Å². The van der Waals surface area contributed by atoms with Crippen molar-refractivity contribution in [2.45, 2.75) is 12.7 Å². The summed E-state index contributed by atoms with van der Waals surface area (Å²) in [6.45, 7) is -0.282. The van der Waals surface area contributed by atoms with Crippen molar-refractivity contribution in [2.24, 2.45) is 0 Å². The molecule has 0 bridgehead atoms. The van der Waals surface area contributed by atoms with E-state index in [1.165, 1.54) is 7.05 Å². The number of nitrogens with zero attached hydrogens (tertiary/aromatic N) is 2. The van der Waals surface area contributed by atoms with E-state index >= 15 is 0 Å². The minimum atomic E-state index is -4.60. The van der Waals surface area contributed by atoms with Crippen molar-refractivity contribution in [3.63, 3.8) is 0 Å². The van der Waals surface area contributed by atoms with Gasteiger partial charge in [0.1, 0.15) is 0 Å². The van der Waals surface area contributed by atoms with Crippen LogP contribution in [0.25, 0.3) is 0 Å². The normalized spacial score (nSPS) is 11.2. The zero-order chi connectivity index (χ0) is 17.9. The standard InChI is InChI=1S/C13H10ClF3N4O3/c1-18-12(23)10-20-9(24-21-10)5-19-11(22)7-4-6(13(15,16)17)2-3-8(7)14/h2-4H,5H2,1H3,(H,18,23)(H,19,22). The van der Waals surface area contributed by atoms with Crippen molar-refractivity contribution in [3.05, 3.63) is 46.1 Å². The van der Waals surface area contributed by atoms with Crippen molar-refractivity contribution in [1.29, 1.82) is 0 Å². The van der Waals surface area contributed by atoms with E-state index in [9.17, 15) is 22.8 Å². The SMILES string of the molecule is CNC(=O)c1noc(CNC(=O)c2cc(C(F)(F)F)ccc2Cl)n1. The first kappa shape index (κ1) is 17.7. The van der Waals surface area contributed by atoms with E-state index in [2.05, 4.69) is 20.8 Å². The highest BCUT2D eigenvalue weighted by Crippen LogP contribution is 2.31. The predicted molar refractivity (Wildman–Crippen MR) is 75.3 cm³/mol. The molecule has 0 fully saturated rings. The van der Waals surface area contributed by atoms with E-state index in [-0.39, 0.29) is 28.8 Å². The van der Waals surface area contributed by atoms with Gasteiger partial charge in [-0.25, -0.2) is 0 Å². The Morgan fingerprint density at radius 1 is 1.29 bits per heavy atom. The molecule has 0 aliphatic heterocycles. The molecule has 0 saturated carbocycles. The Balaban J connectivity index is 2.10. The minimum Gasteiger partial charge on any atom is -0.352 e. The molecule has 2 aromatic rings. The van der Waals surface area contributed by atoms with Gasteiger partial charge in [0, 0.05) is 7.05 Å². The first-order chi connectivity index (χ1) is 11.2. The number of alkyl halides is 3. The highest BCUT2D eigenvalue weighted by molar-refractivity contribution is 6.33. The maximum atomic E-state index is 12.7. The summed E-state index contributed by atoms with van der Waals surface area (Å²) < 4.78 is 42.8. The summed E-state index contributed by atoms with van der Waals surface area (Å²) >= 11 is 5.75. The Morgan fingerprint density at radius 3 is 2.62 bits per heavy atom. The Morgan fingerprint density at radius 2 is 2.00 bits per heavy atom. The highest BCUT2D eigenvalue weighted by Gasteiger charge is 2.31. The van der Waals surface area contributed by atoms with Gasteiger partial charge in [-0.15, -0.1) is 0 Å². The monoisotopic (exact) mass is 362 g/mol. The predicted octanol–water partition coefficient (Wildman–Crippen LogP) is 2.03. The van der Waals surface area contributed by atoms with E-state index < -0.39 is 23.6 Å². The maximum absolute atomic E-state index is 12.7. The molecule has 24 heavy (non-hydrogen) atoms. The molecule has 0 radical (unpaired) electrons. The lowest BCUT2D eigenvalue weighted by Gasteiger charge is -2.10. The molecule has 2 amide bonds. The average Bonchev–Trinajstić information content (AvgIpc) is 3.00. The van der Waals surface area contributed by atoms with Crippen molar-refractivity contribution in [1.82, 2.24) is 20.8 Å². The van der Waals surface area contributed by atoms with E-state index in [1.807, 2.05) is 0 Å². The van der Waals surface area contributed by atoms with Crippen molar-refractivity contribution < 1.29 is 27.3 Å². The summed E-state index contributed by atoms with van der Waals surface area (Å²) in [5.41, 5.74) is -1.35. The van der Waals surface area contributed by atoms with Crippen LogP contribution < -0.4 is 10.6 Å². The van der Waals surface area contributed by atoms with E-state index in [0.717, 1.165) is 12.1 Å². The molecule has 0 saturated heterocycles. The molecule has 0 aliphatic carbocycles. The van der Waals surface area contributed by atoms with Crippen LogP contribution in [0.3, 0.4) is 0 Å². The van der Waals surface area contributed by atoms with Crippen molar-refractivity contribution in [3.8, 4) is 0 Å². The summed E-state index contributed by atoms with van der Waals surface area (Å²) in [5, 5.41) is 7.80. The fourth-order valence-corrected chi connectivity index (χ4v) is 1.86. The third-order valence-electron chi connectivity index (χ3n) is 2.84. The van der Waals surface area contributed by atoms with Gasteiger partial charge in [0.15, 0.2) is 0 Å². The largest absolute Gasteiger partial charge is 0.416 e. The Labute approximate surface area is 138 Å². The van der Waals surface area contributed by atoms with Gasteiger partial charge in [-0.05, 0) is 18.2 Å². The third-order valence-corrected chi connectivity index (χ3v) is 3.17. The number of hydrogen-bond acceptors (Lipinski definition) is 5. The number of carbonyl (C=O) groups excluding carboxylic acids is 2. The number of aromatic nitrogens is 2. The highest BCUT2D eigenvalue weighted by atomic mass is 35.5. The third kappa shape index (κ3) is 4.02. The van der Waals surface area contributed by atoms with Gasteiger partial charge < -0.3 is 15.2 Å². The molecule has 2 N–H and O–H groups in total. The van der Waals surface area contributed by atoms with Gasteiger partial charge in [-0.2, -0.15) is 18.2 Å². The lowest BCUT2D eigenvalue weighted by Crippen LogP contribution is -2.24. The fourth-order valence-electron chi connectivity index (χ4n) is 1.66. The van der Waals surface area contributed by atoms with Gasteiger partial charge in [-0.1, -0.05) is 16.8 Å². The van der Waals surface area contributed by atoms with Gasteiger partial charge in [0.2, 0.25) is 5.89 Å². The number of rotatable bonds is 4. The molecule has 0 aliphatic rings. The summed E-state index contributed by atoms with van der Waals surface area (Å²) in [7, 11) is 1.37. The molecule has 7 nitrogen and oxygen atoms in total. The molecule has 0 spiro atoms. The number of hydrogen-bond donors (Lipinski definition) is 2. The summed E-state index contributed by atoms with van der Waals surface area (Å²) in [4.78, 5) is 26.9. The summed E-state index contributed by atoms with van der Waals surface area (Å²) in [6.07, 6.45) is -4.60.